The van der Waals surface area contributed by atoms with Gasteiger partial charge >= 0.3 is 0 Å². The zero-order valence-corrected chi connectivity index (χ0v) is 8.34. The number of aryl methyl sites for hydroxylation is 1. The summed E-state index contributed by atoms with van der Waals surface area (Å²) >= 11 is 0. The number of methoxy groups -OCH3 is 1. The van der Waals surface area contributed by atoms with Gasteiger partial charge in [0.1, 0.15) is 11.6 Å². The standard InChI is InChI=1S/C11H13FO2/c1-7-3-10(12)9(5-8-6-14-8)11(4-7)13-2/h3-4,8H,5-6H2,1-2H3. The van der Waals surface area contributed by atoms with Crippen molar-refractivity contribution < 1.29 is 13.9 Å². The minimum Gasteiger partial charge on any atom is -0.496 e. The van der Waals surface area contributed by atoms with Crippen molar-refractivity contribution in [3.05, 3.63) is 29.1 Å². The van der Waals surface area contributed by atoms with E-state index in [0.717, 1.165) is 12.2 Å². The molecule has 0 aromatic heterocycles. The van der Waals surface area contributed by atoms with Crippen LogP contribution in [0.4, 0.5) is 4.39 Å². The van der Waals surface area contributed by atoms with Crippen molar-refractivity contribution in [3.63, 3.8) is 0 Å². The largest absolute Gasteiger partial charge is 0.496 e. The Morgan fingerprint density at radius 1 is 1.57 bits per heavy atom. The molecule has 0 saturated carbocycles. The second kappa shape index (κ2) is 3.58. The van der Waals surface area contributed by atoms with E-state index >= 15 is 0 Å². The molecule has 0 bridgehead atoms. The molecule has 2 nitrogen and oxygen atoms in total. The van der Waals surface area contributed by atoms with Crippen molar-refractivity contribution in [3.8, 4) is 5.75 Å². The SMILES string of the molecule is COc1cc(C)cc(F)c1CC1CO1. The average molecular weight is 196 g/mol. The third-order valence-corrected chi connectivity index (χ3v) is 2.35. The second-order valence-corrected chi connectivity index (χ2v) is 3.59. The van der Waals surface area contributed by atoms with Gasteiger partial charge in [-0.2, -0.15) is 0 Å². The van der Waals surface area contributed by atoms with Crippen LogP contribution in [0.25, 0.3) is 0 Å². The summed E-state index contributed by atoms with van der Waals surface area (Å²) in [6.07, 6.45) is 0.788. The number of benzene rings is 1. The lowest BCUT2D eigenvalue weighted by Crippen LogP contribution is -2.01. The molecule has 14 heavy (non-hydrogen) atoms. The van der Waals surface area contributed by atoms with Crippen LogP contribution in [0.5, 0.6) is 5.75 Å². The molecule has 3 heteroatoms. The Morgan fingerprint density at radius 3 is 2.86 bits per heavy atom. The Morgan fingerprint density at radius 2 is 2.29 bits per heavy atom. The topological polar surface area (TPSA) is 21.8 Å². The molecule has 1 atom stereocenters. The average Bonchev–Trinajstić information content (AvgIpc) is 2.93. The first kappa shape index (κ1) is 9.46. The molecule has 1 aromatic rings. The molecule has 0 N–H and O–H groups in total. The van der Waals surface area contributed by atoms with Crippen LogP contribution in [-0.2, 0) is 11.2 Å². The Labute approximate surface area is 82.6 Å². The van der Waals surface area contributed by atoms with Gasteiger partial charge in [-0.15, -0.1) is 0 Å². The summed E-state index contributed by atoms with van der Waals surface area (Å²) in [5.74, 6) is 0.426. The van der Waals surface area contributed by atoms with E-state index in [0.29, 0.717) is 17.7 Å². The van der Waals surface area contributed by atoms with Gasteiger partial charge in [0.2, 0.25) is 0 Å². The smallest absolute Gasteiger partial charge is 0.130 e. The first-order chi connectivity index (χ1) is 6.70. The van der Waals surface area contributed by atoms with Gasteiger partial charge in [0, 0.05) is 12.0 Å². The van der Waals surface area contributed by atoms with E-state index < -0.39 is 0 Å². The van der Waals surface area contributed by atoms with Crippen LogP contribution in [0.2, 0.25) is 0 Å². The zero-order chi connectivity index (χ0) is 10.1. The Kier molecular flexibility index (Phi) is 2.42. The Hall–Kier alpha value is -1.09. The number of halogens is 1. The van der Waals surface area contributed by atoms with Crippen molar-refractivity contribution in [2.45, 2.75) is 19.4 Å². The minimum absolute atomic E-state index is 0.182. The monoisotopic (exact) mass is 196 g/mol. The molecule has 0 radical (unpaired) electrons. The maximum atomic E-state index is 13.6. The molecule has 2 rings (SSSR count). The fourth-order valence-electron chi connectivity index (χ4n) is 1.53. The Balaban J connectivity index is 2.33. The second-order valence-electron chi connectivity index (χ2n) is 3.59. The lowest BCUT2D eigenvalue weighted by Gasteiger charge is -2.09. The Bertz CT molecular complexity index is 345. The minimum atomic E-state index is -0.197. The quantitative estimate of drug-likeness (QED) is 0.690. The summed E-state index contributed by atoms with van der Waals surface area (Å²) in [5.41, 5.74) is 1.50. The molecule has 1 aliphatic rings. The van der Waals surface area contributed by atoms with Crippen LogP contribution in [0.1, 0.15) is 11.1 Å². The molecule has 1 saturated heterocycles. The molecule has 1 aliphatic heterocycles. The molecule has 0 spiro atoms. The molecular weight excluding hydrogens is 183 g/mol. The predicted octanol–water partition coefficient (Wildman–Crippen LogP) is 2.08. The third kappa shape index (κ3) is 1.87. The number of hydrogen-bond donors (Lipinski definition) is 0. The van der Waals surface area contributed by atoms with E-state index in [1.807, 2.05) is 13.0 Å². The zero-order valence-electron chi connectivity index (χ0n) is 8.34. The molecule has 0 aliphatic carbocycles. The summed E-state index contributed by atoms with van der Waals surface area (Å²) < 4.78 is 23.8. The third-order valence-electron chi connectivity index (χ3n) is 2.35. The highest BCUT2D eigenvalue weighted by Crippen LogP contribution is 2.28. The molecule has 1 unspecified atom stereocenters. The first-order valence-electron chi connectivity index (χ1n) is 4.65. The number of rotatable bonds is 3. The van der Waals surface area contributed by atoms with E-state index in [1.165, 1.54) is 6.07 Å². The summed E-state index contributed by atoms with van der Waals surface area (Å²) in [7, 11) is 1.56. The summed E-state index contributed by atoms with van der Waals surface area (Å²) in [6.45, 7) is 2.58. The lowest BCUT2D eigenvalue weighted by atomic mass is 10.1. The highest BCUT2D eigenvalue weighted by Gasteiger charge is 2.26. The van der Waals surface area contributed by atoms with Crippen LogP contribution in [0.3, 0.4) is 0 Å². The fraction of sp³-hybridized carbons (Fsp3) is 0.455. The van der Waals surface area contributed by atoms with Crippen molar-refractivity contribution in [1.29, 1.82) is 0 Å². The van der Waals surface area contributed by atoms with Crippen molar-refractivity contribution in [1.82, 2.24) is 0 Å². The maximum absolute atomic E-state index is 13.6. The van der Waals surface area contributed by atoms with Crippen LogP contribution in [-0.4, -0.2) is 19.8 Å². The lowest BCUT2D eigenvalue weighted by molar-refractivity contribution is 0.384. The van der Waals surface area contributed by atoms with Crippen molar-refractivity contribution >= 4 is 0 Å². The van der Waals surface area contributed by atoms with Crippen LogP contribution in [0.15, 0.2) is 12.1 Å². The highest BCUT2D eigenvalue weighted by molar-refractivity contribution is 5.39. The van der Waals surface area contributed by atoms with Gasteiger partial charge in [-0.3, -0.25) is 0 Å². The van der Waals surface area contributed by atoms with E-state index in [9.17, 15) is 4.39 Å². The summed E-state index contributed by atoms with van der Waals surface area (Å²) in [6, 6.07) is 3.38. The van der Waals surface area contributed by atoms with Crippen LogP contribution >= 0.6 is 0 Å². The van der Waals surface area contributed by atoms with E-state index in [2.05, 4.69) is 0 Å². The molecule has 76 valence electrons. The van der Waals surface area contributed by atoms with E-state index in [-0.39, 0.29) is 11.9 Å². The van der Waals surface area contributed by atoms with Crippen molar-refractivity contribution in [2.75, 3.05) is 13.7 Å². The van der Waals surface area contributed by atoms with Gasteiger partial charge in [-0.25, -0.2) is 4.39 Å². The van der Waals surface area contributed by atoms with Gasteiger partial charge in [0.25, 0.3) is 0 Å². The molecule has 1 fully saturated rings. The summed E-state index contributed by atoms with van der Waals surface area (Å²) in [5, 5.41) is 0. The van der Waals surface area contributed by atoms with Gasteiger partial charge in [0.15, 0.2) is 0 Å². The van der Waals surface area contributed by atoms with Gasteiger partial charge < -0.3 is 9.47 Å². The highest BCUT2D eigenvalue weighted by atomic mass is 19.1. The first-order valence-corrected chi connectivity index (χ1v) is 4.65. The van der Waals surface area contributed by atoms with E-state index in [4.69, 9.17) is 9.47 Å². The van der Waals surface area contributed by atoms with E-state index in [1.54, 1.807) is 7.11 Å². The van der Waals surface area contributed by atoms with Crippen molar-refractivity contribution in [2.24, 2.45) is 0 Å². The number of epoxide rings is 1. The maximum Gasteiger partial charge on any atom is 0.130 e. The van der Waals surface area contributed by atoms with Gasteiger partial charge in [-0.05, 0) is 24.6 Å². The van der Waals surface area contributed by atoms with Gasteiger partial charge in [0.05, 0.1) is 19.8 Å². The van der Waals surface area contributed by atoms with Crippen LogP contribution < -0.4 is 4.74 Å². The fourth-order valence-corrected chi connectivity index (χ4v) is 1.53. The number of ether oxygens (including phenoxy) is 2. The molecular formula is C11H13FO2. The predicted molar refractivity (Wildman–Crippen MR) is 51.1 cm³/mol. The van der Waals surface area contributed by atoms with Crippen LogP contribution in [0, 0.1) is 12.7 Å². The molecule has 1 heterocycles. The molecule has 0 amide bonds. The number of hydrogen-bond acceptors (Lipinski definition) is 2. The van der Waals surface area contributed by atoms with Gasteiger partial charge in [-0.1, -0.05) is 0 Å². The summed E-state index contributed by atoms with van der Waals surface area (Å²) in [4.78, 5) is 0. The molecule has 1 aromatic carbocycles. The normalized spacial score (nSPS) is 19.5.